The fourth-order valence-corrected chi connectivity index (χ4v) is 0. The van der Waals surface area contributed by atoms with Crippen LogP contribution in [0.3, 0.4) is 0 Å². The normalized spacial score (nSPS) is 8.25. The minimum absolute atomic E-state index is 1.14. The quantitative estimate of drug-likeness (QED) is 0.281. The molecule has 0 saturated heterocycles. The third kappa shape index (κ3) is 2.88. The Kier molecular flexibility index (Phi) is 4.73. The van der Waals surface area contributed by atoms with E-state index >= 15 is 0 Å². The summed E-state index contributed by atoms with van der Waals surface area (Å²) < 4.78 is 0. The van der Waals surface area contributed by atoms with Gasteiger partial charge in [0.2, 0.25) is 0 Å². The van der Waals surface area contributed by atoms with Gasteiger partial charge in [-0.15, -0.1) is 10.2 Å². The van der Waals surface area contributed by atoms with Crippen LogP contribution in [0.5, 0.6) is 0 Å². The Balaban J connectivity index is 1.97. The zero-order chi connectivity index (χ0) is 3.41. The van der Waals surface area contributed by atoms with Gasteiger partial charge in [0.15, 0.2) is 0 Å². The van der Waals surface area contributed by atoms with E-state index in [1.54, 1.807) is 10.2 Å². The Labute approximate surface area is 36.3 Å². The fourth-order valence-electron chi connectivity index (χ4n) is 0. The van der Waals surface area contributed by atoms with E-state index in [2.05, 4.69) is 0 Å². The SMILES string of the molecule is NSS[SiH3]. The molecule has 0 unspecified atom stereocenters. The molecular formula is H5NS2Si. The molecule has 0 amide bonds. The lowest BCUT2D eigenvalue weighted by Crippen LogP contribution is -1.64. The van der Waals surface area contributed by atoms with Gasteiger partial charge in [0.05, 0.1) is 9.39 Å². The molecule has 0 rings (SSSR count). The van der Waals surface area contributed by atoms with Crippen LogP contribution < -0.4 is 5.14 Å². The van der Waals surface area contributed by atoms with Crippen molar-refractivity contribution in [2.24, 2.45) is 5.14 Å². The molecule has 0 heterocycles. The molecule has 0 spiro atoms. The second-order valence-electron chi connectivity index (χ2n) is 0.263. The molecule has 0 aromatic carbocycles. The summed E-state index contributed by atoms with van der Waals surface area (Å²) in [7, 11) is 4.17. The van der Waals surface area contributed by atoms with Crippen molar-refractivity contribution in [2.75, 3.05) is 0 Å². The van der Waals surface area contributed by atoms with Crippen molar-refractivity contribution in [3.8, 4) is 0 Å². The number of hydrogen-bond donors (Lipinski definition) is 1. The molecule has 1 nitrogen and oxygen atoms in total. The number of nitrogens with two attached hydrogens (primary N) is 1. The monoisotopic (exact) mass is 111 g/mol. The van der Waals surface area contributed by atoms with E-state index in [1.807, 2.05) is 0 Å². The first-order valence-corrected chi connectivity index (χ1v) is 5.88. The molecule has 0 atom stereocenters. The zero-order valence-corrected chi connectivity index (χ0v) is 6.03. The van der Waals surface area contributed by atoms with Crippen LogP contribution in [0.4, 0.5) is 0 Å². The average molecular weight is 111 g/mol. The molecule has 2 N–H and O–H groups in total. The van der Waals surface area contributed by atoms with Gasteiger partial charge in [0.25, 0.3) is 0 Å². The first-order chi connectivity index (χ1) is 1.91. The van der Waals surface area contributed by atoms with E-state index in [9.17, 15) is 0 Å². The topological polar surface area (TPSA) is 26.0 Å². The molecule has 4 heavy (non-hydrogen) atoms. The molecule has 4 heteroatoms. The highest BCUT2D eigenvalue weighted by atomic mass is 33.2. The molecule has 0 aliphatic heterocycles. The summed E-state index contributed by atoms with van der Waals surface area (Å²) in [6, 6.07) is 0. The van der Waals surface area contributed by atoms with Crippen LogP contribution in [0, 0.1) is 0 Å². The third-order valence-electron chi connectivity index (χ3n) is 0.0962. The van der Waals surface area contributed by atoms with Gasteiger partial charge in [0, 0.05) is 0 Å². The lowest BCUT2D eigenvalue weighted by Gasteiger charge is -1.70. The summed E-state index contributed by atoms with van der Waals surface area (Å²) in [5.41, 5.74) is 0. The van der Waals surface area contributed by atoms with Gasteiger partial charge in [-0.2, -0.15) is 0 Å². The van der Waals surface area contributed by atoms with Crippen LogP contribution in [0.2, 0.25) is 0 Å². The van der Waals surface area contributed by atoms with Crippen molar-refractivity contribution in [1.82, 2.24) is 0 Å². The molecule has 0 aromatic heterocycles. The highest BCUT2D eigenvalue weighted by Crippen LogP contribution is 2.02. The lowest BCUT2D eigenvalue weighted by atomic mass is 14.0. The molecule has 0 radical (unpaired) electrons. The number of rotatable bonds is 1. The summed E-state index contributed by atoms with van der Waals surface area (Å²) in [6.07, 6.45) is 0. The maximum atomic E-state index is 4.94. The summed E-state index contributed by atoms with van der Waals surface area (Å²) in [5, 5.41) is 4.94. The predicted octanol–water partition coefficient (Wildman–Crippen LogP) is -0.478. The third-order valence-corrected chi connectivity index (χ3v) is 2.60. The first kappa shape index (κ1) is 4.88. The Morgan fingerprint density at radius 2 is 2.00 bits per heavy atom. The largest absolute Gasteiger partial charge is 0.269 e. The second-order valence-corrected chi connectivity index (χ2v) is 5.37. The van der Waals surface area contributed by atoms with E-state index in [0.717, 1.165) is 9.39 Å². The van der Waals surface area contributed by atoms with Crippen LogP contribution >= 0.6 is 21.2 Å². The molecular weight excluding hydrogens is 106 g/mol. The van der Waals surface area contributed by atoms with Crippen molar-refractivity contribution in [2.45, 2.75) is 0 Å². The highest BCUT2D eigenvalue weighted by Gasteiger charge is 1.55. The summed E-state index contributed by atoms with van der Waals surface area (Å²) >= 11 is 0. The van der Waals surface area contributed by atoms with Gasteiger partial charge in [-0.25, -0.2) is 0 Å². The molecule has 0 aromatic rings. The van der Waals surface area contributed by atoms with Crippen molar-refractivity contribution >= 4 is 30.6 Å². The van der Waals surface area contributed by atoms with Gasteiger partial charge in [0.1, 0.15) is 0 Å². The van der Waals surface area contributed by atoms with Crippen molar-refractivity contribution in [3.05, 3.63) is 0 Å². The maximum Gasteiger partial charge on any atom is 0.0851 e. The van der Waals surface area contributed by atoms with Crippen LogP contribution in [-0.2, 0) is 0 Å². The highest BCUT2D eigenvalue weighted by molar-refractivity contribution is 8.83. The molecule has 0 fully saturated rings. The molecule has 26 valence electrons. The fraction of sp³-hybridized carbons (Fsp3) is 0. The molecule has 0 saturated carbocycles. The Morgan fingerprint density at radius 1 is 1.75 bits per heavy atom. The van der Waals surface area contributed by atoms with Gasteiger partial charge in [-0.3, -0.25) is 5.14 Å². The molecule has 0 bridgehead atoms. The van der Waals surface area contributed by atoms with E-state index in [1.165, 1.54) is 11.0 Å². The lowest BCUT2D eigenvalue weighted by molar-refractivity contribution is 2.07. The van der Waals surface area contributed by atoms with E-state index in [4.69, 9.17) is 5.14 Å². The average Bonchev–Trinajstić information content (AvgIpc) is 1.37. The smallest absolute Gasteiger partial charge is 0.0851 e. The van der Waals surface area contributed by atoms with Crippen molar-refractivity contribution < 1.29 is 0 Å². The zero-order valence-electron chi connectivity index (χ0n) is 2.39. The molecule has 0 aliphatic rings. The maximum absolute atomic E-state index is 4.94. The summed E-state index contributed by atoms with van der Waals surface area (Å²) in [5.74, 6) is 0. The van der Waals surface area contributed by atoms with E-state index in [0.29, 0.717) is 0 Å². The van der Waals surface area contributed by atoms with Crippen molar-refractivity contribution in [3.63, 3.8) is 0 Å². The van der Waals surface area contributed by atoms with Gasteiger partial charge in [-0.1, -0.05) is 0 Å². The standard InChI is InChI=1S/H5NS2Si/c1-2-3-4/h1H2,4H3. The minimum Gasteiger partial charge on any atom is -0.269 e. The van der Waals surface area contributed by atoms with Gasteiger partial charge >= 0.3 is 0 Å². The Bertz CT molecular complexity index is 8.00. The minimum atomic E-state index is 1.14. The Hall–Kier alpha value is 0.877. The number of hydrogen-bond acceptors (Lipinski definition) is 3. The molecule has 0 aliphatic carbocycles. The first-order valence-electron chi connectivity index (χ1n) is 0.811. The second kappa shape index (κ2) is 3.88. The predicted molar refractivity (Wildman–Crippen MR) is 29.3 cm³/mol. The van der Waals surface area contributed by atoms with E-state index in [-0.39, 0.29) is 0 Å². The van der Waals surface area contributed by atoms with Gasteiger partial charge in [-0.05, 0) is 11.0 Å². The summed E-state index contributed by atoms with van der Waals surface area (Å²) in [4.78, 5) is 0. The van der Waals surface area contributed by atoms with Crippen LogP contribution in [0.15, 0.2) is 0 Å². The van der Waals surface area contributed by atoms with Crippen LogP contribution in [0.25, 0.3) is 0 Å². The summed E-state index contributed by atoms with van der Waals surface area (Å²) in [6.45, 7) is 0. The van der Waals surface area contributed by atoms with Crippen LogP contribution in [0.1, 0.15) is 0 Å². The van der Waals surface area contributed by atoms with E-state index < -0.39 is 0 Å². The van der Waals surface area contributed by atoms with Crippen molar-refractivity contribution in [1.29, 1.82) is 0 Å². The van der Waals surface area contributed by atoms with Crippen LogP contribution in [-0.4, -0.2) is 9.39 Å². The Morgan fingerprint density at radius 3 is 2.00 bits per heavy atom. The van der Waals surface area contributed by atoms with Gasteiger partial charge < -0.3 is 0 Å².